The fourth-order valence-corrected chi connectivity index (χ4v) is 6.41. The Kier molecular flexibility index (Phi) is 6.06. The molecular formula is C18H25ClN3O3P. The number of nitriles is 1. The standard InChI is InChI=1S/C18H25ClN3O3P/c1-3-24-26(23,25-4-2)13-22-16-5-6-17(22)9-18(8-16,12-20)14-7-15(19)11-21-10-14/h7,10-11,16-17H,3-6,8-9,13H2,1-2H3. The molecule has 3 heterocycles. The van der Waals surface area contributed by atoms with Crippen LogP contribution in [0, 0.1) is 11.3 Å². The minimum absolute atomic E-state index is 0.182. The molecule has 0 amide bonds. The molecule has 2 unspecified atom stereocenters. The van der Waals surface area contributed by atoms with Gasteiger partial charge in [-0.1, -0.05) is 11.6 Å². The summed E-state index contributed by atoms with van der Waals surface area (Å²) in [6, 6.07) is 4.75. The van der Waals surface area contributed by atoms with Gasteiger partial charge in [0.15, 0.2) is 0 Å². The number of rotatable bonds is 7. The number of halogens is 1. The van der Waals surface area contributed by atoms with Gasteiger partial charge in [-0.15, -0.1) is 0 Å². The van der Waals surface area contributed by atoms with E-state index in [1.54, 1.807) is 12.4 Å². The predicted octanol–water partition coefficient (Wildman–Crippen LogP) is 4.35. The summed E-state index contributed by atoms with van der Waals surface area (Å²) in [6.45, 7) is 4.36. The molecule has 6 nitrogen and oxygen atoms in total. The van der Waals surface area contributed by atoms with Gasteiger partial charge in [0.2, 0.25) is 0 Å². The van der Waals surface area contributed by atoms with Gasteiger partial charge in [-0.05, 0) is 51.2 Å². The molecule has 2 atom stereocenters. The lowest BCUT2D eigenvalue weighted by Gasteiger charge is -2.43. The Morgan fingerprint density at radius 2 is 1.92 bits per heavy atom. The Balaban J connectivity index is 1.83. The molecule has 1 aromatic heterocycles. The lowest BCUT2D eigenvalue weighted by atomic mass is 9.72. The van der Waals surface area contributed by atoms with Crippen molar-refractivity contribution in [3.63, 3.8) is 0 Å². The molecule has 2 fully saturated rings. The molecule has 142 valence electrons. The van der Waals surface area contributed by atoms with Crippen LogP contribution in [-0.2, 0) is 19.0 Å². The van der Waals surface area contributed by atoms with E-state index in [4.69, 9.17) is 20.6 Å². The third-order valence-corrected chi connectivity index (χ3v) is 7.58. The molecule has 3 rings (SSSR count). The summed E-state index contributed by atoms with van der Waals surface area (Å²) in [4.78, 5) is 6.40. The molecule has 0 radical (unpaired) electrons. The Morgan fingerprint density at radius 3 is 2.42 bits per heavy atom. The van der Waals surface area contributed by atoms with Gasteiger partial charge in [0.05, 0.1) is 29.7 Å². The fraction of sp³-hybridized carbons (Fsp3) is 0.667. The van der Waals surface area contributed by atoms with E-state index in [1.807, 2.05) is 19.9 Å². The van der Waals surface area contributed by atoms with Crippen molar-refractivity contribution < 1.29 is 13.6 Å². The summed E-state index contributed by atoms with van der Waals surface area (Å²) in [6.07, 6.45) is 6.95. The Bertz CT molecular complexity index is 715. The van der Waals surface area contributed by atoms with E-state index in [0.717, 1.165) is 18.4 Å². The second kappa shape index (κ2) is 7.96. The highest BCUT2D eigenvalue weighted by Gasteiger charge is 2.51. The maximum absolute atomic E-state index is 13.0. The van der Waals surface area contributed by atoms with Crippen molar-refractivity contribution in [3.8, 4) is 6.07 Å². The highest BCUT2D eigenvalue weighted by atomic mass is 35.5. The van der Waals surface area contributed by atoms with E-state index >= 15 is 0 Å². The van der Waals surface area contributed by atoms with Crippen molar-refractivity contribution >= 4 is 19.2 Å². The normalized spacial score (nSPS) is 28.8. The average Bonchev–Trinajstić information content (AvgIpc) is 2.84. The number of nitrogens with zero attached hydrogens (tertiary/aromatic N) is 3. The molecule has 2 saturated heterocycles. The van der Waals surface area contributed by atoms with Gasteiger partial charge in [-0.3, -0.25) is 14.4 Å². The van der Waals surface area contributed by atoms with Gasteiger partial charge < -0.3 is 9.05 Å². The van der Waals surface area contributed by atoms with Crippen molar-refractivity contribution in [2.24, 2.45) is 0 Å². The van der Waals surface area contributed by atoms with E-state index in [-0.39, 0.29) is 12.1 Å². The molecule has 2 aliphatic rings. The zero-order chi connectivity index (χ0) is 18.8. The summed E-state index contributed by atoms with van der Waals surface area (Å²) in [5.41, 5.74) is 0.281. The highest BCUT2D eigenvalue weighted by Crippen LogP contribution is 2.54. The third kappa shape index (κ3) is 3.83. The van der Waals surface area contributed by atoms with Crippen LogP contribution in [0.4, 0.5) is 0 Å². The van der Waals surface area contributed by atoms with E-state index in [1.165, 1.54) is 0 Å². The van der Waals surface area contributed by atoms with Crippen LogP contribution in [0.2, 0.25) is 5.02 Å². The fourth-order valence-electron chi connectivity index (χ4n) is 4.35. The molecule has 0 spiro atoms. The number of pyridine rings is 1. The van der Waals surface area contributed by atoms with Crippen LogP contribution in [0.5, 0.6) is 0 Å². The van der Waals surface area contributed by atoms with Crippen LogP contribution in [0.25, 0.3) is 0 Å². The largest absolute Gasteiger partial charge is 0.344 e. The van der Waals surface area contributed by atoms with E-state index in [2.05, 4.69) is 16.0 Å². The summed E-state index contributed by atoms with van der Waals surface area (Å²) >= 11 is 6.10. The third-order valence-electron chi connectivity index (χ3n) is 5.40. The van der Waals surface area contributed by atoms with Crippen LogP contribution in [0.1, 0.15) is 45.1 Å². The van der Waals surface area contributed by atoms with Crippen molar-refractivity contribution in [3.05, 3.63) is 29.0 Å². The second-order valence-corrected chi connectivity index (χ2v) is 9.44. The molecule has 0 N–H and O–H groups in total. The minimum atomic E-state index is -3.14. The van der Waals surface area contributed by atoms with Gasteiger partial charge in [-0.2, -0.15) is 5.26 Å². The maximum atomic E-state index is 13.0. The highest BCUT2D eigenvalue weighted by molar-refractivity contribution is 7.53. The molecule has 0 aliphatic carbocycles. The van der Waals surface area contributed by atoms with Crippen molar-refractivity contribution in [2.45, 2.75) is 57.0 Å². The summed E-state index contributed by atoms with van der Waals surface area (Å²) in [5.74, 6) is 0. The van der Waals surface area contributed by atoms with Gasteiger partial charge >= 0.3 is 7.60 Å². The van der Waals surface area contributed by atoms with Crippen molar-refractivity contribution in [1.82, 2.24) is 9.88 Å². The van der Waals surface area contributed by atoms with Crippen molar-refractivity contribution in [1.29, 1.82) is 5.26 Å². The van der Waals surface area contributed by atoms with E-state index in [9.17, 15) is 9.83 Å². The quantitative estimate of drug-likeness (QED) is 0.637. The van der Waals surface area contributed by atoms with Crippen LogP contribution in [-0.4, -0.2) is 41.5 Å². The zero-order valence-corrected chi connectivity index (χ0v) is 16.9. The Hall–Kier alpha value is -0.960. The molecular weight excluding hydrogens is 373 g/mol. The van der Waals surface area contributed by atoms with Crippen molar-refractivity contribution in [2.75, 3.05) is 19.5 Å². The topological polar surface area (TPSA) is 75.5 Å². The number of fused-ring (bicyclic) bond motifs is 2. The number of hydrogen-bond acceptors (Lipinski definition) is 6. The van der Waals surface area contributed by atoms with E-state index < -0.39 is 13.0 Å². The lowest BCUT2D eigenvalue weighted by Crippen LogP contribution is -2.49. The van der Waals surface area contributed by atoms with Crippen LogP contribution >= 0.6 is 19.2 Å². The van der Waals surface area contributed by atoms with Gasteiger partial charge in [0.1, 0.15) is 6.29 Å². The first-order chi connectivity index (χ1) is 12.4. The number of hydrogen-bond donors (Lipinski definition) is 0. The number of aromatic nitrogens is 1. The summed E-state index contributed by atoms with van der Waals surface area (Å²) in [5, 5.41) is 10.5. The van der Waals surface area contributed by atoms with Gasteiger partial charge in [-0.25, -0.2) is 0 Å². The first-order valence-electron chi connectivity index (χ1n) is 9.11. The predicted molar refractivity (Wildman–Crippen MR) is 100 cm³/mol. The average molecular weight is 398 g/mol. The summed E-state index contributed by atoms with van der Waals surface area (Å²) < 4.78 is 23.9. The Morgan fingerprint density at radius 1 is 1.31 bits per heavy atom. The minimum Gasteiger partial charge on any atom is -0.308 e. The molecule has 0 saturated carbocycles. The molecule has 0 aromatic carbocycles. The first-order valence-corrected chi connectivity index (χ1v) is 11.2. The zero-order valence-electron chi connectivity index (χ0n) is 15.2. The maximum Gasteiger partial charge on any atom is 0.344 e. The first kappa shape index (κ1) is 19.8. The lowest BCUT2D eigenvalue weighted by molar-refractivity contribution is 0.108. The van der Waals surface area contributed by atoms with Crippen LogP contribution in [0.15, 0.2) is 18.5 Å². The molecule has 26 heavy (non-hydrogen) atoms. The smallest absolute Gasteiger partial charge is 0.308 e. The van der Waals surface area contributed by atoms with Gasteiger partial charge in [0.25, 0.3) is 0 Å². The SMILES string of the molecule is CCOP(=O)(CN1C2CCC1CC(C#N)(c1cncc(Cl)c1)C2)OCC. The second-order valence-electron chi connectivity index (χ2n) is 6.98. The molecule has 8 heteroatoms. The summed E-state index contributed by atoms with van der Waals surface area (Å²) in [7, 11) is -3.14. The van der Waals surface area contributed by atoms with Gasteiger partial charge in [0, 0.05) is 24.5 Å². The molecule has 1 aromatic rings. The Labute approximate surface area is 160 Å². The van der Waals surface area contributed by atoms with Crippen LogP contribution < -0.4 is 0 Å². The number of piperidine rings is 1. The molecule has 2 aliphatic heterocycles. The van der Waals surface area contributed by atoms with Crippen LogP contribution in [0.3, 0.4) is 0 Å². The monoisotopic (exact) mass is 397 g/mol. The van der Waals surface area contributed by atoms with E-state index in [0.29, 0.717) is 37.4 Å². The molecule has 2 bridgehead atoms.